The van der Waals surface area contributed by atoms with Gasteiger partial charge in [-0.15, -0.1) is 0 Å². The fraction of sp³-hybridized carbons (Fsp3) is 0.385. The van der Waals surface area contributed by atoms with Gasteiger partial charge in [-0.1, -0.05) is 29.8 Å². The van der Waals surface area contributed by atoms with Crippen molar-refractivity contribution in [3.8, 4) is 0 Å². The number of aryl methyl sites for hydroxylation is 1. The summed E-state index contributed by atoms with van der Waals surface area (Å²) in [7, 11) is 1.31. The monoisotopic (exact) mass is 233 g/mol. The minimum atomic E-state index is -0.720. The van der Waals surface area contributed by atoms with Crippen LogP contribution in [0.1, 0.15) is 17.0 Å². The van der Waals surface area contributed by atoms with Crippen molar-refractivity contribution in [3.63, 3.8) is 0 Å². The van der Waals surface area contributed by atoms with Crippen molar-refractivity contribution < 1.29 is 14.3 Å². The van der Waals surface area contributed by atoms with Crippen molar-refractivity contribution in [2.24, 2.45) is 5.92 Å². The van der Waals surface area contributed by atoms with Gasteiger partial charge in [0.25, 0.3) is 0 Å². The van der Waals surface area contributed by atoms with Crippen molar-refractivity contribution in [3.05, 3.63) is 35.4 Å². The molecule has 1 heterocycles. The van der Waals surface area contributed by atoms with E-state index in [9.17, 15) is 9.59 Å². The highest BCUT2D eigenvalue weighted by Crippen LogP contribution is 2.29. The van der Waals surface area contributed by atoms with Gasteiger partial charge in [0.05, 0.1) is 7.11 Å². The molecule has 4 heteroatoms. The number of ether oxygens (including phenoxy) is 1. The van der Waals surface area contributed by atoms with E-state index in [0.29, 0.717) is 6.54 Å². The lowest BCUT2D eigenvalue weighted by atomic mass is 9.88. The molecule has 1 N–H and O–H groups in total. The third kappa shape index (κ3) is 2.16. The number of hydrogen-bond donors (Lipinski definition) is 1. The highest BCUT2D eigenvalue weighted by Gasteiger charge is 2.41. The molecule has 4 nitrogen and oxygen atoms in total. The van der Waals surface area contributed by atoms with Crippen molar-refractivity contribution in [1.82, 2.24) is 5.32 Å². The molecular formula is C13H15NO3. The molecule has 90 valence electrons. The van der Waals surface area contributed by atoms with E-state index in [1.807, 2.05) is 31.2 Å². The van der Waals surface area contributed by atoms with E-state index in [2.05, 4.69) is 10.1 Å². The Bertz CT molecular complexity index is 438. The largest absolute Gasteiger partial charge is 0.468 e. The molecule has 1 aliphatic rings. The normalized spacial score (nSPS) is 23.3. The topological polar surface area (TPSA) is 55.4 Å². The molecule has 1 aromatic carbocycles. The summed E-state index contributed by atoms with van der Waals surface area (Å²) >= 11 is 0. The molecule has 0 aromatic heterocycles. The smallest absolute Gasteiger partial charge is 0.318 e. The standard InChI is InChI=1S/C13H15NO3/c1-8-3-5-9(6-4-8)10-7-14-12(15)11(10)13(16)17-2/h3-6,10-11H,7H2,1-2H3,(H,14,15)/t10-,11-/m0/s1. The van der Waals surface area contributed by atoms with Crippen LogP contribution in [0.3, 0.4) is 0 Å². The molecule has 0 unspecified atom stereocenters. The van der Waals surface area contributed by atoms with Gasteiger partial charge in [-0.05, 0) is 12.5 Å². The number of hydrogen-bond acceptors (Lipinski definition) is 3. The Morgan fingerprint density at radius 3 is 2.59 bits per heavy atom. The van der Waals surface area contributed by atoms with Crippen LogP contribution >= 0.6 is 0 Å². The number of amides is 1. The number of esters is 1. The molecule has 1 aliphatic heterocycles. The molecule has 0 aliphatic carbocycles. The number of carbonyl (C=O) groups excluding carboxylic acids is 2. The molecule has 1 fully saturated rings. The third-order valence-electron chi connectivity index (χ3n) is 3.14. The van der Waals surface area contributed by atoms with Gasteiger partial charge in [0.2, 0.25) is 5.91 Å². The number of benzene rings is 1. The number of carbonyl (C=O) groups is 2. The Morgan fingerprint density at radius 2 is 2.00 bits per heavy atom. The number of nitrogens with one attached hydrogen (secondary N) is 1. The molecule has 1 aromatic rings. The minimum absolute atomic E-state index is 0.129. The molecular weight excluding hydrogens is 218 g/mol. The summed E-state index contributed by atoms with van der Waals surface area (Å²) in [6.07, 6.45) is 0. The van der Waals surface area contributed by atoms with Gasteiger partial charge in [0.1, 0.15) is 5.92 Å². The van der Waals surface area contributed by atoms with Crippen molar-refractivity contribution in [2.75, 3.05) is 13.7 Å². The highest BCUT2D eigenvalue weighted by molar-refractivity contribution is 6.00. The zero-order valence-corrected chi connectivity index (χ0v) is 9.90. The zero-order valence-electron chi connectivity index (χ0n) is 9.90. The van der Waals surface area contributed by atoms with E-state index in [1.54, 1.807) is 0 Å². The maximum Gasteiger partial charge on any atom is 0.318 e. The lowest BCUT2D eigenvalue weighted by molar-refractivity contribution is -0.149. The summed E-state index contributed by atoms with van der Waals surface area (Å²) in [6.45, 7) is 2.49. The quantitative estimate of drug-likeness (QED) is 0.612. The summed E-state index contributed by atoms with van der Waals surface area (Å²) in [6, 6.07) is 7.87. The average Bonchev–Trinajstić information content (AvgIpc) is 2.71. The third-order valence-corrected chi connectivity index (χ3v) is 3.14. The lowest BCUT2D eigenvalue weighted by Crippen LogP contribution is -2.28. The van der Waals surface area contributed by atoms with Crippen molar-refractivity contribution >= 4 is 11.9 Å². The van der Waals surface area contributed by atoms with Crippen LogP contribution in [0.15, 0.2) is 24.3 Å². The summed E-state index contributed by atoms with van der Waals surface area (Å²) in [5.41, 5.74) is 2.14. The summed E-state index contributed by atoms with van der Waals surface area (Å²) in [4.78, 5) is 23.2. The van der Waals surface area contributed by atoms with E-state index in [4.69, 9.17) is 0 Å². The molecule has 1 saturated heterocycles. The number of methoxy groups -OCH3 is 1. The fourth-order valence-corrected chi connectivity index (χ4v) is 2.14. The Morgan fingerprint density at radius 1 is 1.35 bits per heavy atom. The maximum atomic E-state index is 11.6. The van der Waals surface area contributed by atoms with Crippen LogP contribution in [-0.4, -0.2) is 25.5 Å². The van der Waals surface area contributed by atoms with Crippen LogP contribution in [0, 0.1) is 12.8 Å². The molecule has 0 spiro atoms. The molecule has 1 amide bonds. The lowest BCUT2D eigenvalue weighted by Gasteiger charge is -2.15. The van der Waals surface area contributed by atoms with E-state index in [-0.39, 0.29) is 11.8 Å². The second-order valence-electron chi connectivity index (χ2n) is 4.26. The molecule has 0 radical (unpaired) electrons. The van der Waals surface area contributed by atoms with Gasteiger partial charge in [-0.25, -0.2) is 0 Å². The first-order valence-electron chi connectivity index (χ1n) is 5.55. The molecule has 17 heavy (non-hydrogen) atoms. The number of rotatable bonds is 2. The Kier molecular flexibility index (Phi) is 3.13. The molecule has 2 atom stereocenters. The van der Waals surface area contributed by atoms with Gasteiger partial charge in [-0.3, -0.25) is 9.59 Å². The Balaban J connectivity index is 2.28. The molecule has 0 bridgehead atoms. The Labute approximate surface area is 100.0 Å². The Hall–Kier alpha value is -1.84. The predicted molar refractivity (Wildman–Crippen MR) is 62.4 cm³/mol. The van der Waals surface area contributed by atoms with Gasteiger partial charge in [0.15, 0.2) is 0 Å². The van der Waals surface area contributed by atoms with Crippen molar-refractivity contribution in [2.45, 2.75) is 12.8 Å². The van der Waals surface area contributed by atoms with Gasteiger partial charge < -0.3 is 10.1 Å². The van der Waals surface area contributed by atoms with Crippen LogP contribution < -0.4 is 5.32 Å². The van der Waals surface area contributed by atoms with E-state index < -0.39 is 11.9 Å². The first kappa shape index (κ1) is 11.6. The van der Waals surface area contributed by atoms with Gasteiger partial charge in [0, 0.05) is 12.5 Å². The summed E-state index contributed by atoms with van der Waals surface area (Å²) < 4.78 is 4.68. The van der Waals surface area contributed by atoms with Crippen LogP contribution in [0.4, 0.5) is 0 Å². The predicted octanol–water partition coefficient (Wildman–Crippen LogP) is 0.998. The SMILES string of the molecule is COC(=O)[C@@H]1C(=O)NC[C@H]1c1ccc(C)cc1. The van der Waals surface area contributed by atoms with E-state index >= 15 is 0 Å². The maximum absolute atomic E-state index is 11.6. The fourth-order valence-electron chi connectivity index (χ4n) is 2.14. The second kappa shape index (κ2) is 4.57. The van der Waals surface area contributed by atoms with Crippen LogP contribution in [0.25, 0.3) is 0 Å². The second-order valence-corrected chi connectivity index (χ2v) is 4.26. The highest BCUT2D eigenvalue weighted by atomic mass is 16.5. The van der Waals surface area contributed by atoms with Crippen molar-refractivity contribution in [1.29, 1.82) is 0 Å². The van der Waals surface area contributed by atoms with Gasteiger partial charge in [-0.2, -0.15) is 0 Å². The zero-order chi connectivity index (χ0) is 12.4. The van der Waals surface area contributed by atoms with Crippen LogP contribution in [0.2, 0.25) is 0 Å². The molecule has 0 saturated carbocycles. The minimum Gasteiger partial charge on any atom is -0.468 e. The van der Waals surface area contributed by atoms with Crippen LogP contribution in [-0.2, 0) is 14.3 Å². The van der Waals surface area contributed by atoms with Gasteiger partial charge >= 0.3 is 5.97 Å². The van der Waals surface area contributed by atoms with E-state index in [1.165, 1.54) is 7.11 Å². The van der Waals surface area contributed by atoms with E-state index in [0.717, 1.165) is 11.1 Å². The summed E-state index contributed by atoms with van der Waals surface area (Å²) in [5, 5.41) is 2.71. The summed E-state index contributed by atoms with van der Waals surface area (Å²) in [5.74, 6) is -1.56. The molecule has 2 rings (SSSR count). The first-order valence-corrected chi connectivity index (χ1v) is 5.55. The first-order chi connectivity index (χ1) is 8.13. The average molecular weight is 233 g/mol. The van der Waals surface area contributed by atoms with Crippen LogP contribution in [0.5, 0.6) is 0 Å².